The highest BCUT2D eigenvalue weighted by atomic mass is 16.1. The van der Waals surface area contributed by atoms with Gasteiger partial charge in [0, 0.05) is 0 Å². The van der Waals surface area contributed by atoms with E-state index < -0.39 is 6.04 Å². The molecule has 0 heterocycles. The van der Waals surface area contributed by atoms with Gasteiger partial charge in [0.2, 0.25) is 6.41 Å². The average molecular weight is 267 g/mol. The minimum atomic E-state index is -0.449. The van der Waals surface area contributed by atoms with Gasteiger partial charge in [-0.15, -0.1) is 0 Å². The van der Waals surface area contributed by atoms with Gasteiger partial charge in [0.1, 0.15) is 0 Å². The lowest BCUT2D eigenvalue weighted by Gasteiger charge is -2.13. The van der Waals surface area contributed by atoms with Crippen LogP contribution < -0.4 is 5.32 Å². The molecule has 1 amide bonds. The molecule has 0 aliphatic rings. The summed E-state index contributed by atoms with van der Waals surface area (Å²) in [7, 11) is 0. The second kappa shape index (κ2) is 6.66. The highest BCUT2D eigenvalue weighted by Crippen LogP contribution is 2.19. The second-order valence-electron chi connectivity index (χ2n) is 4.71. The van der Waals surface area contributed by atoms with Gasteiger partial charge in [0.15, 0.2) is 5.78 Å². The van der Waals surface area contributed by atoms with E-state index in [0.29, 0.717) is 12.8 Å². The highest BCUT2D eigenvalue weighted by molar-refractivity contribution is 5.83. The summed E-state index contributed by atoms with van der Waals surface area (Å²) < 4.78 is 0. The number of Topliss-reactive ketones (excluding diaryl/α,β-unsaturated/α-hetero) is 1. The lowest BCUT2D eigenvalue weighted by molar-refractivity contribution is -0.121. The van der Waals surface area contributed by atoms with Crippen LogP contribution in [-0.4, -0.2) is 18.2 Å². The molecule has 0 saturated carbocycles. The van der Waals surface area contributed by atoms with Gasteiger partial charge in [0.05, 0.1) is 6.04 Å². The molecule has 0 aliphatic heterocycles. The van der Waals surface area contributed by atoms with Crippen LogP contribution in [0.4, 0.5) is 0 Å². The molecule has 3 heteroatoms. The number of benzene rings is 2. The largest absolute Gasteiger partial charge is 0.349 e. The van der Waals surface area contributed by atoms with Crippen LogP contribution in [0.1, 0.15) is 12.5 Å². The van der Waals surface area contributed by atoms with Crippen molar-refractivity contribution in [2.45, 2.75) is 19.4 Å². The van der Waals surface area contributed by atoms with Gasteiger partial charge >= 0.3 is 0 Å². The van der Waals surface area contributed by atoms with Gasteiger partial charge in [0.25, 0.3) is 0 Å². The summed E-state index contributed by atoms with van der Waals surface area (Å²) in [6.45, 7) is 1.49. The molecular formula is C17H17NO2. The Hall–Kier alpha value is -2.42. The summed E-state index contributed by atoms with van der Waals surface area (Å²) in [5.41, 5.74) is 3.32. The third-order valence-electron chi connectivity index (χ3n) is 3.26. The molecule has 0 bridgehead atoms. The Kier molecular flexibility index (Phi) is 4.66. The first kappa shape index (κ1) is 14.0. The minimum Gasteiger partial charge on any atom is -0.349 e. The molecule has 2 aromatic rings. The average Bonchev–Trinajstić information content (AvgIpc) is 2.48. The van der Waals surface area contributed by atoms with Gasteiger partial charge in [-0.05, 0) is 30.0 Å². The maximum absolute atomic E-state index is 11.4. The Morgan fingerprint density at radius 2 is 1.65 bits per heavy atom. The number of carbonyl (C=O) groups is 2. The lowest BCUT2D eigenvalue weighted by atomic mass is 9.99. The van der Waals surface area contributed by atoms with Crippen molar-refractivity contribution in [2.24, 2.45) is 0 Å². The van der Waals surface area contributed by atoms with E-state index in [0.717, 1.165) is 16.7 Å². The molecule has 0 fully saturated rings. The quantitative estimate of drug-likeness (QED) is 0.818. The molecule has 0 radical (unpaired) electrons. The molecule has 0 aliphatic carbocycles. The predicted molar refractivity (Wildman–Crippen MR) is 79.3 cm³/mol. The maximum Gasteiger partial charge on any atom is 0.207 e. The van der Waals surface area contributed by atoms with E-state index in [-0.39, 0.29) is 5.78 Å². The number of carbonyl (C=O) groups excluding carboxylic acids is 2. The van der Waals surface area contributed by atoms with Gasteiger partial charge in [-0.25, -0.2) is 0 Å². The van der Waals surface area contributed by atoms with Gasteiger partial charge in [-0.3, -0.25) is 9.59 Å². The second-order valence-corrected chi connectivity index (χ2v) is 4.71. The minimum absolute atomic E-state index is 0.0377. The van der Waals surface area contributed by atoms with Gasteiger partial charge in [-0.2, -0.15) is 0 Å². The number of rotatable bonds is 6. The molecule has 102 valence electrons. The number of ketones is 1. The van der Waals surface area contributed by atoms with Crippen molar-refractivity contribution in [3.63, 3.8) is 0 Å². The SMILES string of the molecule is CC(=O)[C@H](Cc1ccc(-c2ccccc2)cc1)NC=O. The van der Waals surface area contributed by atoms with Crippen LogP contribution in [0.2, 0.25) is 0 Å². The molecule has 20 heavy (non-hydrogen) atoms. The van der Waals surface area contributed by atoms with Crippen LogP contribution in [-0.2, 0) is 16.0 Å². The van der Waals surface area contributed by atoms with Crippen LogP contribution >= 0.6 is 0 Å². The fraction of sp³-hybridized carbons (Fsp3) is 0.176. The van der Waals surface area contributed by atoms with Crippen molar-refractivity contribution in [2.75, 3.05) is 0 Å². The van der Waals surface area contributed by atoms with Crippen LogP contribution in [0.5, 0.6) is 0 Å². The lowest BCUT2D eigenvalue weighted by Crippen LogP contribution is -2.36. The Balaban J connectivity index is 2.12. The zero-order valence-electron chi connectivity index (χ0n) is 11.4. The van der Waals surface area contributed by atoms with Gasteiger partial charge in [-0.1, -0.05) is 54.6 Å². The standard InChI is InChI=1S/C17H17NO2/c1-13(20)17(18-12-19)11-14-7-9-16(10-8-14)15-5-3-2-4-6-15/h2-10,12,17H,11H2,1H3,(H,18,19)/t17-/m0/s1. The molecule has 0 spiro atoms. The summed E-state index contributed by atoms with van der Waals surface area (Å²) in [6.07, 6.45) is 1.09. The summed E-state index contributed by atoms with van der Waals surface area (Å²) in [6, 6.07) is 17.7. The molecule has 0 aromatic heterocycles. The third kappa shape index (κ3) is 3.54. The maximum atomic E-state index is 11.4. The Morgan fingerprint density at radius 3 is 2.20 bits per heavy atom. The molecular weight excluding hydrogens is 250 g/mol. The van der Waals surface area contributed by atoms with Crippen molar-refractivity contribution in [1.29, 1.82) is 0 Å². The smallest absolute Gasteiger partial charge is 0.207 e. The van der Waals surface area contributed by atoms with E-state index in [9.17, 15) is 9.59 Å². The number of nitrogens with one attached hydrogen (secondary N) is 1. The van der Waals surface area contributed by atoms with E-state index in [1.807, 2.05) is 42.5 Å². The van der Waals surface area contributed by atoms with E-state index in [4.69, 9.17) is 0 Å². The van der Waals surface area contributed by atoms with Crippen LogP contribution in [0.15, 0.2) is 54.6 Å². The van der Waals surface area contributed by atoms with E-state index in [1.165, 1.54) is 6.92 Å². The fourth-order valence-corrected chi connectivity index (χ4v) is 2.10. The topological polar surface area (TPSA) is 46.2 Å². The van der Waals surface area contributed by atoms with Crippen LogP contribution in [0.25, 0.3) is 11.1 Å². The normalized spacial score (nSPS) is 11.7. The molecule has 0 saturated heterocycles. The number of hydrogen-bond acceptors (Lipinski definition) is 2. The van der Waals surface area contributed by atoms with Crippen molar-refractivity contribution in [3.05, 3.63) is 60.2 Å². The Labute approximate surface area is 118 Å². The van der Waals surface area contributed by atoms with Crippen molar-refractivity contribution >= 4 is 12.2 Å². The summed E-state index contributed by atoms with van der Waals surface area (Å²) >= 11 is 0. The zero-order valence-corrected chi connectivity index (χ0v) is 11.4. The Bertz CT molecular complexity index is 576. The fourth-order valence-electron chi connectivity index (χ4n) is 2.10. The molecule has 1 atom stereocenters. The molecule has 2 rings (SSSR count). The summed E-state index contributed by atoms with van der Waals surface area (Å²) in [4.78, 5) is 21.9. The summed E-state index contributed by atoms with van der Waals surface area (Å²) in [5.74, 6) is -0.0377. The van der Waals surface area contributed by atoms with Crippen molar-refractivity contribution in [3.8, 4) is 11.1 Å². The van der Waals surface area contributed by atoms with E-state index >= 15 is 0 Å². The van der Waals surface area contributed by atoms with Gasteiger partial charge < -0.3 is 5.32 Å². The van der Waals surface area contributed by atoms with Crippen molar-refractivity contribution in [1.82, 2.24) is 5.32 Å². The van der Waals surface area contributed by atoms with Crippen molar-refractivity contribution < 1.29 is 9.59 Å². The number of hydrogen-bond donors (Lipinski definition) is 1. The first-order chi connectivity index (χ1) is 9.70. The Morgan fingerprint density at radius 1 is 1.05 bits per heavy atom. The predicted octanol–water partition coefficient (Wildman–Crippen LogP) is 2.60. The molecule has 1 N–H and O–H groups in total. The van der Waals surface area contributed by atoms with Crippen LogP contribution in [0, 0.1) is 0 Å². The first-order valence-corrected chi connectivity index (χ1v) is 6.55. The van der Waals surface area contributed by atoms with Crippen LogP contribution in [0.3, 0.4) is 0 Å². The monoisotopic (exact) mass is 267 g/mol. The molecule has 2 aromatic carbocycles. The molecule has 3 nitrogen and oxygen atoms in total. The van der Waals surface area contributed by atoms with E-state index in [2.05, 4.69) is 17.4 Å². The summed E-state index contributed by atoms with van der Waals surface area (Å²) in [5, 5.41) is 2.55. The number of amides is 1. The first-order valence-electron chi connectivity index (χ1n) is 6.55. The third-order valence-corrected chi connectivity index (χ3v) is 3.26. The highest BCUT2D eigenvalue weighted by Gasteiger charge is 2.13. The molecule has 0 unspecified atom stereocenters. The van der Waals surface area contributed by atoms with E-state index in [1.54, 1.807) is 0 Å². The zero-order chi connectivity index (χ0) is 14.4.